The first kappa shape index (κ1) is 19.0. The second-order valence-electron chi connectivity index (χ2n) is 7.17. The molecule has 1 saturated heterocycles. The van der Waals surface area contributed by atoms with Crippen LogP contribution >= 0.6 is 0 Å². The van der Waals surface area contributed by atoms with Crippen molar-refractivity contribution in [2.24, 2.45) is 11.8 Å². The van der Waals surface area contributed by atoms with Gasteiger partial charge in [-0.1, -0.05) is 12.1 Å². The lowest BCUT2D eigenvalue weighted by atomic mass is 9.81. The van der Waals surface area contributed by atoms with E-state index in [-0.39, 0.29) is 30.7 Å². The van der Waals surface area contributed by atoms with Gasteiger partial charge in [0.2, 0.25) is 5.91 Å². The van der Waals surface area contributed by atoms with Gasteiger partial charge in [0.15, 0.2) is 0 Å². The summed E-state index contributed by atoms with van der Waals surface area (Å²) in [6, 6.07) is 7.13. The first-order valence-corrected chi connectivity index (χ1v) is 9.14. The third kappa shape index (κ3) is 4.14. The van der Waals surface area contributed by atoms with E-state index in [1.807, 2.05) is 24.3 Å². The number of nitrogens with one attached hydrogen (secondary N) is 1. The third-order valence-electron chi connectivity index (χ3n) is 5.54. The zero-order valence-corrected chi connectivity index (χ0v) is 14.9. The number of hydrogen-bond donors (Lipinski definition) is 1. The van der Waals surface area contributed by atoms with Gasteiger partial charge in [0.25, 0.3) is 0 Å². The van der Waals surface area contributed by atoms with Gasteiger partial charge in [0, 0.05) is 6.54 Å². The van der Waals surface area contributed by atoms with E-state index in [2.05, 4.69) is 5.32 Å². The molecule has 1 aliphatic carbocycles. The van der Waals surface area contributed by atoms with Gasteiger partial charge >= 0.3 is 6.18 Å². The first-order chi connectivity index (χ1) is 12.4. The van der Waals surface area contributed by atoms with Gasteiger partial charge < -0.3 is 15.0 Å². The molecule has 4 nitrogen and oxygen atoms in total. The maximum Gasteiger partial charge on any atom is 0.391 e. The van der Waals surface area contributed by atoms with Crippen molar-refractivity contribution in [1.29, 1.82) is 0 Å². The lowest BCUT2D eigenvalue weighted by Gasteiger charge is -2.30. The number of amides is 1. The average Bonchev–Trinajstić information content (AvgIpc) is 3.00. The Morgan fingerprint density at radius 3 is 2.50 bits per heavy atom. The lowest BCUT2D eigenvalue weighted by Crippen LogP contribution is -2.41. The van der Waals surface area contributed by atoms with Crippen molar-refractivity contribution < 1.29 is 22.7 Å². The van der Waals surface area contributed by atoms with Crippen molar-refractivity contribution in [3.63, 3.8) is 0 Å². The fraction of sp³-hybridized carbons (Fsp3) is 0.632. The molecule has 1 aliphatic heterocycles. The number of carbonyl (C=O) groups is 1. The normalized spacial score (nSPS) is 27.0. The largest absolute Gasteiger partial charge is 0.495 e. The zero-order chi connectivity index (χ0) is 18.7. The van der Waals surface area contributed by atoms with Crippen molar-refractivity contribution in [3.05, 3.63) is 24.3 Å². The molecule has 1 saturated carbocycles. The number of benzene rings is 1. The Balaban J connectivity index is 1.51. The second kappa shape index (κ2) is 7.86. The Bertz CT molecular complexity index is 627. The summed E-state index contributed by atoms with van der Waals surface area (Å²) in [6.07, 6.45) is -1.87. The van der Waals surface area contributed by atoms with Gasteiger partial charge in [-0.15, -0.1) is 0 Å². The van der Waals surface area contributed by atoms with Gasteiger partial charge in [-0.2, -0.15) is 13.2 Å². The molecular weight excluding hydrogens is 345 g/mol. The minimum Gasteiger partial charge on any atom is -0.495 e. The van der Waals surface area contributed by atoms with Crippen LogP contribution in [0.1, 0.15) is 32.1 Å². The topological polar surface area (TPSA) is 41.6 Å². The van der Waals surface area contributed by atoms with Crippen LogP contribution in [0.15, 0.2) is 24.3 Å². The molecule has 1 atom stereocenters. The SMILES string of the molecule is COc1ccccc1N1CCC(NCC2CCC(C(F)(F)F)CC2)C1=O. The molecule has 1 aromatic carbocycles. The van der Waals surface area contributed by atoms with Gasteiger partial charge in [0.05, 0.1) is 24.8 Å². The van der Waals surface area contributed by atoms with Crippen molar-refractivity contribution in [1.82, 2.24) is 5.32 Å². The molecule has 0 spiro atoms. The summed E-state index contributed by atoms with van der Waals surface area (Å²) in [6.45, 7) is 1.21. The number of hydrogen-bond acceptors (Lipinski definition) is 3. The molecule has 2 fully saturated rings. The standard InChI is InChI=1S/C19H25F3N2O2/c1-26-17-5-3-2-4-16(17)24-11-10-15(18(24)25)23-12-13-6-8-14(9-7-13)19(20,21)22/h2-5,13-15,23H,6-12H2,1H3. The highest BCUT2D eigenvalue weighted by Crippen LogP contribution is 2.39. The molecule has 3 rings (SSSR count). The van der Waals surface area contributed by atoms with Crippen LogP contribution in [0.2, 0.25) is 0 Å². The van der Waals surface area contributed by atoms with E-state index in [0.717, 1.165) is 5.69 Å². The minimum absolute atomic E-state index is 0.00141. The lowest BCUT2D eigenvalue weighted by molar-refractivity contribution is -0.183. The summed E-state index contributed by atoms with van der Waals surface area (Å²) in [7, 11) is 1.58. The quantitative estimate of drug-likeness (QED) is 0.858. The maximum atomic E-state index is 12.7. The molecule has 0 radical (unpaired) electrons. The van der Waals surface area contributed by atoms with Crippen LogP contribution in [0.25, 0.3) is 0 Å². The van der Waals surface area contributed by atoms with Crippen molar-refractivity contribution in [2.45, 2.75) is 44.3 Å². The minimum atomic E-state index is -4.07. The van der Waals surface area contributed by atoms with Crippen molar-refractivity contribution in [2.75, 3.05) is 25.1 Å². The molecule has 2 aliphatic rings. The number of alkyl halides is 3. The molecule has 1 unspecified atom stereocenters. The number of nitrogens with zero attached hydrogens (tertiary/aromatic N) is 1. The Morgan fingerprint density at radius 2 is 1.85 bits per heavy atom. The van der Waals surface area contributed by atoms with Crippen molar-refractivity contribution >= 4 is 11.6 Å². The van der Waals surface area contributed by atoms with E-state index in [4.69, 9.17) is 4.74 Å². The fourth-order valence-electron chi connectivity index (χ4n) is 3.96. The van der Waals surface area contributed by atoms with E-state index < -0.39 is 12.1 Å². The molecule has 144 valence electrons. The molecule has 1 heterocycles. The zero-order valence-electron chi connectivity index (χ0n) is 14.9. The highest BCUT2D eigenvalue weighted by Gasteiger charge is 2.41. The number of para-hydroxylation sites is 2. The maximum absolute atomic E-state index is 12.7. The van der Waals surface area contributed by atoms with E-state index in [9.17, 15) is 18.0 Å². The number of rotatable bonds is 5. The van der Waals surface area contributed by atoms with Crippen LogP contribution < -0.4 is 15.0 Å². The molecule has 1 aromatic rings. The Labute approximate surface area is 151 Å². The smallest absolute Gasteiger partial charge is 0.391 e. The summed E-state index contributed by atoms with van der Waals surface area (Å²) >= 11 is 0. The molecule has 0 bridgehead atoms. The van der Waals surface area contributed by atoms with E-state index >= 15 is 0 Å². The summed E-state index contributed by atoms with van der Waals surface area (Å²) in [5.74, 6) is -0.292. The molecular formula is C19H25F3N2O2. The average molecular weight is 370 g/mol. The van der Waals surface area contributed by atoms with Gasteiger partial charge in [-0.25, -0.2) is 0 Å². The summed E-state index contributed by atoms with van der Waals surface area (Å²) in [4.78, 5) is 14.4. The second-order valence-corrected chi connectivity index (χ2v) is 7.17. The van der Waals surface area contributed by atoms with Crippen LogP contribution in [-0.4, -0.2) is 38.3 Å². The van der Waals surface area contributed by atoms with Gasteiger partial charge in [-0.05, 0) is 56.7 Å². The van der Waals surface area contributed by atoms with Gasteiger partial charge in [-0.3, -0.25) is 4.79 Å². The summed E-state index contributed by atoms with van der Waals surface area (Å²) < 4.78 is 43.6. The summed E-state index contributed by atoms with van der Waals surface area (Å²) in [5.41, 5.74) is 0.759. The highest BCUT2D eigenvalue weighted by atomic mass is 19.4. The van der Waals surface area contributed by atoms with E-state index in [1.165, 1.54) is 0 Å². The predicted molar refractivity (Wildman–Crippen MR) is 93.3 cm³/mol. The van der Waals surface area contributed by atoms with Gasteiger partial charge in [0.1, 0.15) is 5.75 Å². The number of ether oxygens (including phenoxy) is 1. The first-order valence-electron chi connectivity index (χ1n) is 9.14. The van der Waals surface area contributed by atoms with Crippen LogP contribution in [0.5, 0.6) is 5.75 Å². The van der Waals surface area contributed by atoms with E-state index in [1.54, 1.807) is 12.0 Å². The highest BCUT2D eigenvalue weighted by molar-refractivity contribution is 6.00. The van der Waals surface area contributed by atoms with Crippen LogP contribution in [0.3, 0.4) is 0 Å². The van der Waals surface area contributed by atoms with Crippen molar-refractivity contribution in [3.8, 4) is 5.75 Å². The fourth-order valence-corrected chi connectivity index (χ4v) is 3.96. The number of anilines is 1. The molecule has 1 amide bonds. The Morgan fingerprint density at radius 1 is 1.15 bits per heavy atom. The molecule has 26 heavy (non-hydrogen) atoms. The van der Waals surface area contributed by atoms with Crippen LogP contribution in [0.4, 0.5) is 18.9 Å². The monoisotopic (exact) mass is 370 g/mol. The number of carbonyl (C=O) groups excluding carboxylic acids is 1. The van der Waals surface area contributed by atoms with Crippen LogP contribution in [0, 0.1) is 11.8 Å². The third-order valence-corrected chi connectivity index (χ3v) is 5.54. The Kier molecular flexibility index (Phi) is 5.75. The predicted octanol–water partition coefficient (Wildman–Crippen LogP) is 3.76. The molecule has 7 heteroatoms. The van der Waals surface area contributed by atoms with E-state index in [0.29, 0.717) is 38.1 Å². The molecule has 0 aromatic heterocycles. The van der Waals surface area contributed by atoms with Crippen LogP contribution in [-0.2, 0) is 4.79 Å². The summed E-state index contributed by atoms with van der Waals surface area (Å²) in [5, 5.41) is 3.28. The Hall–Kier alpha value is -1.76. The molecule has 1 N–H and O–H groups in total. The number of halogens is 3. The number of methoxy groups -OCH3 is 1.